The molecule has 1 heterocycles. The Bertz CT molecular complexity index is 1030. The molecule has 0 aromatic heterocycles. The normalized spacial score (nSPS) is 14.9. The van der Waals surface area contributed by atoms with Crippen molar-refractivity contribution in [3.8, 4) is 11.1 Å². The fourth-order valence-corrected chi connectivity index (χ4v) is 4.67. The van der Waals surface area contributed by atoms with E-state index in [4.69, 9.17) is 0 Å². The van der Waals surface area contributed by atoms with Gasteiger partial charge in [-0.2, -0.15) is 8.42 Å². The van der Waals surface area contributed by atoms with E-state index in [9.17, 15) is 22.8 Å². The van der Waals surface area contributed by atoms with Crippen molar-refractivity contribution in [2.75, 3.05) is 6.54 Å². The lowest BCUT2D eigenvalue weighted by atomic mass is 9.94. The molecule has 154 valence electrons. The molecule has 1 aliphatic heterocycles. The molecule has 2 aromatic carbocycles. The minimum Gasteiger partial charge on any atom is -0.285 e. The first kappa shape index (κ1) is 21.2. The quantitative estimate of drug-likeness (QED) is 0.350. The Balaban J connectivity index is 1.96. The molecule has 1 atom stereocenters. The van der Waals surface area contributed by atoms with Crippen LogP contribution in [0.2, 0.25) is 0 Å². The lowest BCUT2D eigenvalue weighted by molar-refractivity contribution is -0.157. The number of nitrogens with zero attached hydrogens (tertiary/aromatic N) is 2. The predicted octanol–water partition coefficient (Wildman–Crippen LogP) is 2.73. The van der Waals surface area contributed by atoms with Crippen molar-refractivity contribution in [1.82, 2.24) is 9.96 Å². The number of carbonyl (C=O) groups is 1. The summed E-state index contributed by atoms with van der Waals surface area (Å²) >= 11 is 0. The highest BCUT2D eigenvalue weighted by Crippen LogP contribution is 2.27. The number of benzene rings is 2. The van der Waals surface area contributed by atoms with E-state index < -0.39 is 16.3 Å². The van der Waals surface area contributed by atoms with Gasteiger partial charge >= 0.3 is 0 Å². The van der Waals surface area contributed by atoms with Crippen molar-refractivity contribution in [2.24, 2.45) is 5.92 Å². The zero-order valence-electron chi connectivity index (χ0n) is 16.2. The van der Waals surface area contributed by atoms with Gasteiger partial charge in [-0.1, -0.05) is 38.1 Å². The number of amides is 1. The molecule has 3 rings (SSSR count). The maximum atomic E-state index is 13.2. The largest absolute Gasteiger partial charge is 0.285 e. The molecule has 0 bridgehead atoms. The molecular weight excluding hydrogens is 395 g/mol. The summed E-state index contributed by atoms with van der Waals surface area (Å²) in [5.74, 6) is -0.608. The maximum absolute atomic E-state index is 13.2. The van der Waals surface area contributed by atoms with Crippen LogP contribution in [0.25, 0.3) is 11.1 Å². The molecule has 0 saturated heterocycles. The van der Waals surface area contributed by atoms with Crippen LogP contribution in [-0.4, -0.2) is 47.6 Å². The van der Waals surface area contributed by atoms with Crippen molar-refractivity contribution in [1.29, 1.82) is 0 Å². The second kappa shape index (κ2) is 8.86. The first-order valence-corrected chi connectivity index (χ1v) is 10.4. The minimum atomic E-state index is -2.60. The highest BCUT2D eigenvalue weighted by Gasteiger charge is 2.33. The van der Waals surface area contributed by atoms with Crippen LogP contribution in [0.1, 0.15) is 25.0 Å². The lowest BCUT2D eigenvalue weighted by Gasteiger charge is -2.35. The maximum Gasteiger partial charge on any atom is 0.233 e. The van der Waals surface area contributed by atoms with Crippen molar-refractivity contribution in [3.63, 3.8) is 0 Å². The van der Waals surface area contributed by atoms with Crippen LogP contribution in [0.15, 0.2) is 42.5 Å². The average molecular weight is 418 g/mol. The van der Waals surface area contributed by atoms with Gasteiger partial charge in [-0.05, 0) is 52.8 Å². The number of hydroxylamine groups is 2. The number of halogens is 1. The van der Waals surface area contributed by atoms with Gasteiger partial charge in [0, 0.05) is 13.1 Å². The Labute approximate surface area is 170 Å². The van der Waals surface area contributed by atoms with E-state index in [0.29, 0.717) is 24.6 Å². The first-order valence-electron chi connectivity index (χ1n) is 9.33. The second-order valence-electron chi connectivity index (χ2n) is 7.41. The van der Waals surface area contributed by atoms with Gasteiger partial charge in [0.1, 0.15) is 16.8 Å². The smallest absolute Gasteiger partial charge is 0.233 e. The molecule has 0 spiro atoms. The van der Waals surface area contributed by atoms with Gasteiger partial charge in [0.25, 0.3) is 0 Å². The van der Waals surface area contributed by atoms with Gasteiger partial charge in [-0.3, -0.25) is 14.9 Å². The van der Waals surface area contributed by atoms with Crippen LogP contribution >= 0.6 is 0 Å². The second-order valence-corrected chi connectivity index (χ2v) is 8.30. The molecule has 6 nitrogen and oxygen atoms in total. The molecule has 0 aliphatic carbocycles. The summed E-state index contributed by atoms with van der Waals surface area (Å²) in [6, 6.07) is 11.2. The third-order valence-corrected chi connectivity index (χ3v) is 6.00. The third kappa shape index (κ3) is 4.55. The molecule has 2 aromatic rings. The highest BCUT2D eigenvalue weighted by molar-refractivity contribution is 7.73. The lowest BCUT2D eigenvalue weighted by Crippen LogP contribution is -2.51. The molecule has 0 radical (unpaired) electrons. The van der Waals surface area contributed by atoms with E-state index in [-0.39, 0.29) is 23.1 Å². The van der Waals surface area contributed by atoms with E-state index in [0.717, 1.165) is 22.3 Å². The highest BCUT2D eigenvalue weighted by atomic mass is 32.2. The van der Waals surface area contributed by atoms with Crippen molar-refractivity contribution >= 4 is 21.7 Å². The van der Waals surface area contributed by atoms with E-state index >= 15 is 0 Å². The van der Waals surface area contributed by atoms with Gasteiger partial charge < -0.3 is 0 Å². The average Bonchev–Trinajstić information content (AvgIpc) is 2.70. The van der Waals surface area contributed by atoms with Gasteiger partial charge in [0.15, 0.2) is 0 Å². The van der Waals surface area contributed by atoms with Gasteiger partial charge in [-0.15, -0.1) is 0 Å². The molecule has 1 aliphatic rings. The summed E-state index contributed by atoms with van der Waals surface area (Å²) < 4.78 is 37.3. The molecule has 1 unspecified atom stereocenters. The number of hydrogen-bond donors (Lipinski definition) is 1. The van der Waals surface area contributed by atoms with Crippen LogP contribution < -0.4 is 0 Å². The molecule has 1 N–H and O–H groups in total. The van der Waals surface area contributed by atoms with E-state index in [1.54, 1.807) is 30.9 Å². The van der Waals surface area contributed by atoms with Crippen molar-refractivity contribution < 1.29 is 22.8 Å². The first-order chi connectivity index (χ1) is 13.8. The number of fused-ring (bicyclic) bond motifs is 1. The summed E-state index contributed by atoms with van der Waals surface area (Å²) in [6.45, 7) is 4.29. The predicted molar refractivity (Wildman–Crippen MR) is 108 cm³/mol. The monoisotopic (exact) mass is 418 g/mol. The van der Waals surface area contributed by atoms with Crippen LogP contribution in [-0.2, 0) is 28.1 Å². The van der Waals surface area contributed by atoms with E-state index in [1.807, 2.05) is 18.2 Å². The number of hydrogen-bond acceptors (Lipinski definition) is 4. The fraction of sp³-hybridized carbons (Fsp3) is 0.333. The summed E-state index contributed by atoms with van der Waals surface area (Å²) in [7, 11) is -2.60. The number of carbonyl (C=O) groups excluding carboxylic acids is 1. The van der Waals surface area contributed by atoms with Crippen LogP contribution in [0.4, 0.5) is 4.39 Å². The fourth-order valence-electron chi connectivity index (χ4n) is 3.73. The molecular formula is C21H23FN2O4S. The zero-order chi connectivity index (χ0) is 21.1. The summed E-state index contributed by atoms with van der Waals surface area (Å²) in [5, 5.41) is 10.4. The van der Waals surface area contributed by atoms with Crippen LogP contribution in [0.3, 0.4) is 0 Å². The Morgan fingerprint density at radius 2 is 1.79 bits per heavy atom. The third-order valence-electron chi connectivity index (χ3n) is 5.16. The van der Waals surface area contributed by atoms with Crippen molar-refractivity contribution in [2.45, 2.75) is 32.9 Å². The standard InChI is InChI=1S/C21H23FN2O4S/c1-14(2)20(24(26)13-25)21(29(27)28)23-10-9-16-3-4-17(11-18(16)12-23)15-5-7-19(22)8-6-15/h3-8,11,13-14,20,26H,9-10,12H2,1-2H3. The Morgan fingerprint density at radius 3 is 2.38 bits per heavy atom. The summed E-state index contributed by atoms with van der Waals surface area (Å²) in [5.41, 5.74) is 3.84. The molecule has 0 fully saturated rings. The van der Waals surface area contributed by atoms with Crippen molar-refractivity contribution in [3.05, 3.63) is 59.4 Å². The van der Waals surface area contributed by atoms with Gasteiger partial charge in [0.2, 0.25) is 16.7 Å². The Morgan fingerprint density at radius 1 is 1.14 bits per heavy atom. The van der Waals surface area contributed by atoms with Gasteiger partial charge in [0.05, 0.1) is 0 Å². The summed E-state index contributed by atoms with van der Waals surface area (Å²) in [6.07, 6.45) is 0.860. The zero-order valence-corrected chi connectivity index (χ0v) is 17.1. The SMILES string of the molecule is CC(C)C(C(N1CCc2ccc(-c3ccc(F)cc3)cc2C1)=S(=O)=O)N(O)C=O. The number of rotatable bonds is 5. The topological polar surface area (TPSA) is 77.9 Å². The Hall–Kier alpha value is -2.55. The van der Waals surface area contributed by atoms with Crippen LogP contribution in [0.5, 0.6) is 0 Å². The van der Waals surface area contributed by atoms with Gasteiger partial charge in [-0.25, -0.2) is 9.45 Å². The van der Waals surface area contributed by atoms with Crippen LogP contribution in [0, 0.1) is 11.7 Å². The molecule has 1 amide bonds. The summed E-state index contributed by atoms with van der Waals surface area (Å²) in [4.78, 5) is 12.8. The minimum absolute atomic E-state index is 0.00700. The molecule has 0 saturated carbocycles. The van der Waals surface area contributed by atoms with E-state index in [1.165, 1.54) is 12.1 Å². The van der Waals surface area contributed by atoms with E-state index in [2.05, 4.69) is 0 Å². The molecule has 8 heteroatoms. The Kier molecular flexibility index (Phi) is 6.46. The molecule has 29 heavy (non-hydrogen) atoms.